The van der Waals surface area contributed by atoms with Gasteiger partial charge >= 0.3 is 0 Å². The molecule has 2 heterocycles. The first-order chi connectivity index (χ1) is 9.69. The van der Waals surface area contributed by atoms with Crippen molar-refractivity contribution in [2.45, 2.75) is 20.4 Å². The third kappa shape index (κ3) is 3.74. The fourth-order valence-corrected chi connectivity index (χ4v) is 1.73. The van der Waals surface area contributed by atoms with Gasteiger partial charge in [-0.3, -0.25) is 4.79 Å². The topological polar surface area (TPSA) is 79.8 Å². The van der Waals surface area contributed by atoms with Crippen LogP contribution in [-0.2, 0) is 6.54 Å². The second kappa shape index (κ2) is 6.60. The van der Waals surface area contributed by atoms with E-state index in [1.165, 1.54) is 0 Å². The molecular weight excluding hydrogens is 254 g/mol. The minimum atomic E-state index is -0.150. The summed E-state index contributed by atoms with van der Waals surface area (Å²) in [5.41, 5.74) is 1.36. The molecule has 2 aromatic heterocycles. The van der Waals surface area contributed by atoms with Crippen LogP contribution in [0, 0.1) is 6.92 Å². The molecule has 20 heavy (non-hydrogen) atoms. The molecule has 2 rings (SSSR count). The van der Waals surface area contributed by atoms with E-state index in [4.69, 9.17) is 0 Å². The predicted molar refractivity (Wildman–Crippen MR) is 76.3 cm³/mol. The van der Waals surface area contributed by atoms with Crippen molar-refractivity contribution < 1.29 is 4.79 Å². The smallest absolute Gasteiger partial charge is 0.251 e. The summed E-state index contributed by atoms with van der Waals surface area (Å²) in [6, 6.07) is 5.19. The number of rotatable bonds is 5. The number of aryl methyl sites for hydroxylation is 1. The molecule has 0 radical (unpaired) electrons. The Labute approximate surface area is 117 Å². The van der Waals surface area contributed by atoms with Gasteiger partial charge in [0.2, 0.25) is 0 Å². The Morgan fingerprint density at radius 3 is 2.80 bits per heavy atom. The summed E-state index contributed by atoms with van der Waals surface area (Å²) in [5, 5.41) is 5.90. The van der Waals surface area contributed by atoms with E-state index < -0.39 is 0 Å². The van der Waals surface area contributed by atoms with E-state index in [2.05, 4.69) is 25.6 Å². The lowest BCUT2D eigenvalue weighted by Gasteiger charge is -2.07. The predicted octanol–water partition coefficient (Wildman–Crippen LogP) is 1.54. The summed E-state index contributed by atoms with van der Waals surface area (Å²) in [6.45, 7) is 4.93. The van der Waals surface area contributed by atoms with Crippen LogP contribution in [0.15, 0.2) is 30.6 Å². The quantitative estimate of drug-likeness (QED) is 0.862. The van der Waals surface area contributed by atoms with Crippen molar-refractivity contribution in [1.82, 2.24) is 20.3 Å². The summed E-state index contributed by atoms with van der Waals surface area (Å²) in [7, 11) is 0. The number of hydrogen-bond acceptors (Lipinski definition) is 5. The number of aromatic nitrogens is 3. The van der Waals surface area contributed by atoms with Crippen LogP contribution in [0.4, 0.5) is 5.82 Å². The molecular formula is C14H17N5O. The first-order valence-electron chi connectivity index (χ1n) is 6.45. The van der Waals surface area contributed by atoms with Gasteiger partial charge < -0.3 is 10.6 Å². The molecule has 6 nitrogen and oxygen atoms in total. The average molecular weight is 271 g/mol. The van der Waals surface area contributed by atoms with Gasteiger partial charge in [0.05, 0.1) is 12.2 Å². The Morgan fingerprint density at radius 2 is 2.05 bits per heavy atom. The Balaban J connectivity index is 1.99. The van der Waals surface area contributed by atoms with Crippen molar-refractivity contribution in [2.75, 3.05) is 11.9 Å². The normalized spacial score (nSPS) is 10.1. The van der Waals surface area contributed by atoms with Crippen LogP contribution in [0.3, 0.4) is 0 Å². The van der Waals surface area contributed by atoms with Gasteiger partial charge in [-0.2, -0.15) is 0 Å². The maximum absolute atomic E-state index is 12.0. The van der Waals surface area contributed by atoms with Crippen molar-refractivity contribution >= 4 is 11.7 Å². The molecule has 0 saturated heterocycles. The average Bonchev–Trinajstić information content (AvgIpc) is 2.45. The Morgan fingerprint density at radius 1 is 1.25 bits per heavy atom. The van der Waals surface area contributed by atoms with E-state index in [-0.39, 0.29) is 5.91 Å². The monoisotopic (exact) mass is 271 g/mol. The lowest BCUT2D eigenvalue weighted by molar-refractivity contribution is 0.0950. The van der Waals surface area contributed by atoms with Gasteiger partial charge in [-0.1, -0.05) is 0 Å². The highest BCUT2D eigenvalue weighted by Gasteiger charge is 2.07. The number of carbonyl (C=O) groups is 1. The Kier molecular flexibility index (Phi) is 4.60. The highest BCUT2D eigenvalue weighted by atomic mass is 16.1. The highest BCUT2D eigenvalue weighted by Crippen LogP contribution is 2.06. The van der Waals surface area contributed by atoms with Gasteiger partial charge in [0.15, 0.2) is 0 Å². The first-order valence-corrected chi connectivity index (χ1v) is 6.45. The number of carbonyl (C=O) groups excluding carboxylic acids is 1. The van der Waals surface area contributed by atoms with E-state index in [1.807, 2.05) is 13.8 Å². The lowest BCUT2D eigenvalue weighted by Crippen LogP contribution is -2.23. The van der Waals surface area contributed by atoms with Crippen LogP contribution in [0.1, 0.15) is 28.8 Å². The zero-order valence-electron chi connectivity index (χ0n) is 11.6. The number of amides is 1. The first kappa shape index (κ1) is 13.9. The van der Waals surface area contributed by atoms with Gasteiger partial charge in [-0.05, 0) is 32.0 Å². The van der Waals surface area contributed by atoms with Crippen molar-refractivity contribution in [3.63, 3.8) is 0 Å². The molecule has 0 atom stereocenters. The molecule has 0 spiro atoms. The van der Waals surface area contributed by atoms with E-state index in [9.17, 15) is 4.79 Å². The maximum atomic E-state index is 12.0. The molecule has 1 amide bonds. The summed E-state index contributed by atoms with van der Waals surface area (Å²) in [6.07, 6.45) is 3.29. The van der Waals surface area contributed by atoms with Gasteiger partial charge in [0, 0.05) is 24.5 Å². The summed E-state index contributed by atoms with van der Waals surface area (Å²) >= 11 is 0. The number of nitrogens with one attached hydrogen (secondary N) is 2. The van der Waals surface area contributed by atoms with Gasteiger partial charge in [-0.15, -0.1) is 0 Å². The fourth-order valence-electron chi connectivity index (χ4n) is 1.73. The van der Waals surface area contributed by atoms with E-state index in [1.54, 1.807) is 30.6 Å². The van der Waals surface area contributed by atoms with E-state index in [0.717, 1.165) is 12.2 Å². The van der Waals surface area contributed by atoms with Gasteiger partial charge in [0.25, 0.3) is 5.91 Å². The van der Waals surface area contributed by atoms with E-state index in [0.29, 0.717) is 23.8 Å². The molecule has 0 aromatic carbocycles. The molecule has 6 heteroatoms. The van der Waals surface area contributed by atoms with Crippen LogP contribution in [0.5, 0.6) is 0 Å². The third-order valence-electron chi connectivity index (χ3n) is 2.64. The SMILES string of the molecule is CCNc1cc(C(=O)NCc2ccnc(C)n2)ccn1. The Hall–Kier alpha value is -2.50. The molecule has 104 valence electrons. The number of nitrogens with zero attached hydrogens (tertiary/aromatic N) is 3. The van der Waals surface area contributed by atoms with Crippen LogP contribution >= 0.6 is 0 Å². The Bertz CT molecular complexity index is 600. The van der Waals surface area contributed by atoms with Gasteiger partial charge in [0.1, 0.15) is 11.6 Å². The maximum Gasteiger partial charge on any atom is 0.251 e. The van der Waals surface area contributed by atoms with Crippen molar-refractivity contribution in [1.29, 1.82) is 0 Å². The summed E-state index contributed by atoms with van der Waals surface area (Å²) in [5.74, 6) is 1.23. The summed E-state index contributed by atoms with van der Waals surface area (Å²) < 4.78 is 0. The lowest BCUT2D eigenvalue weighted by atomic mass is 10.2. The molecule has 0 bridgehead atoms. The molecule has 0 aliphatic rings. The zero-order chi connectivity index (χ0) is 14.4. The third-order valence-corrected chi connectivity index (χ3v) is 2.64. The largest absolute Gasteiger partial charge is 0.370 e. The molecule has 2 N–H and O–H groups in total. The second-order valence-electron chi connectivity index (χ2n) is 4.24. The summed E-state index contributed by atoms with van der Waals surface area (Å²) in [4.78, 5) is 24.4. The van der Waals surface area contributed by atoms with Crippen molar-refractivity contribution in [3.8, 4) is 0 Å². The second-order valence-corrected chi connectivity index (χ2v) is 4.24. The molecule has 0 saturated carbocycles. The number of hydrogen-bond donors (Lipinski definition) is 2. The number of anilines is 1. The molecule has 0 aliphatic carbocycles. The molecule has 2 aromatic rings. The molecule has 0 unspecified atom stereocenters. The minimum Gasteiger partial charge on any atom is -0.370 e. The fraction of sp³-hybridized carbons (Fsp3) is 0.286. The molecule has 0 fully saturated rings. The van der Waals surface area contributed by atoms with Gasteiger partial charge in [-0.25, -0.2) is 15.0 Å². The minimum absolute atomic E-state index is 0.150. The van der Waals surface area contributed by atoms with Crippen LogP contribution in [0.25, 0.3) is 0 Å². The highest BCUT2D eigenvalue weighted by molar-refractivity contribution is 5.94. The molecule has 0 aliphatic heterocycles. The van der Waals surface area contributed by atoms with Crippen LogP contribution < -0.4 is 10.6 Å². The standard InChI is InChI=1S/C14H17N5O/c1-3-15-13-8-11(4-6-17-13)14(20)18-9-12-5-7-16-10(2)19-12/h4-8H,3,9H2,1-2H3,(H,15,17)(H,18,20). The number of pyridine rings is 1. The zero-order valence-corrected chi connectivity index (χ0v) is 11.6. The van der Waals surface area contributed by atoms with Crippen LogP contribution in [0.2, 0.25) is 0 Å². The van der Waals surface area contributed by atoms with Crippen molar-refractivity contribution in [3.05, 3.63) is 47.7 Å². The van der Waals surface area contributed by atoms with E-state index >= 15 is 0 Å². The van der Waals surface area contributed by atoms with Crippen molar-refractivity contribution in [2.24, 2.45) is 0 Å². The van der Waals surface area contributed by atoms with Crippen LogP contribution in [-0.4, -0.2) is 27.4 Å².